The van der Waals surface area contributed by atoms with Crippen LogP contribution in [0.5, 0.6) is 0 Å². The molecule has 8 heteroatoms. The third-order valence-corrected chi connectivity index (χ3v) is 4.97. The van der Waals surface area contributed by atoms with Crippen molar-refractivity contribution in [3.63, 3.8) is 0 Å². The molecule has 3 rings (SSSR count). The Labute approximate surface area is 166 Å². The van der Waals surface area contributed by atoms with Gasteiger partial charge in [0, 0.05) is 5.02 Å². The van der Waals surface area contributed by atoms with E-state index in [2.05, 4.69) is 10.6 Å². The number of rotatable bonds is 4. The van der Waals surface area contributed by atoms with E-state index in [0.29, 0.717) is 21.3 Å². The van der Waals surface area contributed by atoms with Gasteiger partial charge >= 0.3 is 6.03 Å². The Kier molecular flexibility index (Phi) is 5.13. The van der Waals surface area contributed by atoms with Crippen molar-refractivity contribution >= 4 is 46.7 Å². The summed E-state index contributed by atoms with van der Waals surface area (Å²) in [6, 6.07) is 11.3. The third kappa shape index (κ3) is 3.77. The molecule has 0 bridgehead atoms. The molecule has 1 unspecified atom stereocenters. The van der Waals surface area contributed by atoms with Crippen LogP contribution in [0.1, 0.15) is 18.1 Å². The van der Waals surface area contributed by atoms with E-state index in [9.17, 15) is 14.4 Å². The highest BCUT2D eigenvalue weighted by molar-refractivity contribution is 6.35. The molecule has 2 N–H and O–H groups in total. The molecule has 1 aliphatic heterocycles. The van der Waals surface area contributed by atoms with Gasteiger partial charge in [-0.1, -0.05) is 53.0 Å². The molecule has 0 saturated carbocycles. The number of benzene rings is 2. The minimum atomic E-state index is -1.22. The van der Waals surface area contributed by atoms with Crippen LogP contribution in [-0.2, 0) is 15.1 Å². The van der Waals surface area contributed by atoms with Crippen LogP contribution in [0.3, 0.4) is 0 Å². The van der Waals surface area contributed by atoms with E-state index in [1.807, 2.05) is 19.1 Å². The van der Waals surface area contributed by atoms with Crippen LogP contribution >= 0.6 is 23.2 Å². The Morgan fingerprint density at radius 2 is 1.81 bits per heavy atom. The summed E-state index contributed by atoms with van der Waals surface area (Å²) < 4.78 is 0. The molecule has 6 nitrogen and oxygen atoms in total. The number of nitrogens with one attached hydrogen (secondary N) is 2. The number of urea groups is 1. The van der Waals surface area contributed by atoms with E-state index in [-0.39, 0.29) is 0 Å². The summed E-state index contributed by atoms with van der Waals surface area (Å²) in [4.78, 5) is 38.4. The maximum Gasteiger partial charge on any atom is 0.325 e. The molecule has 0 aliphatic carbocycles. The van der Waals surface area contributed by atoms with Crippen LogP contribution in [0, 0.1) is 6.92 Å². The second kappa shape index (κ2) is 7.21. The van der Waals surface area contributed by atoms with Gasteiger partial charge in [-0.2, -0.15) is 0 Å². The smallest absolute Gasteiger partial charge is 0.323 e. The molecule has 1 saturated heterocycles. The standard InChI is InChI=1S/C19H17Cl2N3O3/c1-11-3-5-12(6-4-11)19(2)17(26)24(18(27)23-19)10-16(25)22-15-9-13(20)7-8-14(15)21/h3-9H,10H2,1-2H3,(H,22,25)(H,23,27). The molecule has 2 aromatic carbocycles. The molecule has 1 fully saturated rings. The quantitative estimate of drug-likeness (QED) is 0.760. The number of anilines is 1. The first kappa shape index (κ1) is 19.2. The minimum Gasteiger partial charge on any atom is -0.323 e. The average molecular weight is 406 g/mol. The first-order valence-electron chi connectivity index (χ1n) is 8.17. The summed E-state index contributed by atoms with van der Waals surface area (Å²) in [7, 11) is 0. The second-order valence-corrected chi connectivity index (χ2v) is 7.33. The van der Waals surface area contributed by atoms with Gasteiger partial charge in [-0.3, -0.25) is 14.5 Å². The van der Waals surface area contributed by atoms with Gasteiger partial charge in [0.25, 0.3) is 5.91 Å². The third-order valence-electron chi connectivity index (χ3n) is 4.41. The first-order valence-corrected chi connectivity index (χ1v) is 8.92. The van der Waals surface area contributed by atoms with Crippen LogP contribution in [0.15, 0.2) is 42.5 Å². The van der Waals surface area contributed by atoms with Crippen LogP contribution in [0.4, 0.5) is 10.5 Å². The fourth-order valence-electron chi connectivity index (χ4n) is 2.85. The van der Waals surface area contributed by atoms with E-state index in [1.165, 1.54) is 6.07 Å². The lowest BCUT2D eigenvalue weighted by atomic mass is 9.91. The van der Waals surface area contributed by atoms with Crippen molar-refractivity contribution in [2.45, 2.75) is 19.4 Å². The lowest BCUT2D eigenvalue weighted by Gasteiger charge is -2.22. The largest absolute Gasteiger partial charge is 0.325 e. The zero-order valence-electron chi connectivity index (χ0n) is 14.7. The highest BCUT2D eigenvalue weighted by atomic mass is 35.5. The number of amides is 4. The van der Waals surface area contributed by atoms with Crippen LogP contribution in [0.25, 0.3) is 0 Å². The first-order chi connectivity index (χ1) is 12.7. The molecule has 4 amide bonds. The van der Waals surface area contributed by atoms with Crippen molar-refractivity contribution in [3.05, 3.63) is 63.6 Å². The number of hydrogen-bond donors (Lipinski definition) is 2. The van der Waals surface area contributed by atoms with Crippen molar-refractivity contribution < 1.29 is 14.4 Å². The maximum atomic E-state index is 12.8. The predicted molar refractivity (Wildman–Crippen MR) is 104 cm³/mol. The van der Waals surface area contributed by atoms with Gasteiger partial charge in [0.05, 0.1) is 10.7 Å². The topological polar surface area (TPSA) is 78.5 Å². The molecule has 0 radical (unpaired) electrons. The molecular formula is C19H17Cl2N3O3. The van der Waals surface area contributed by atoms with Crippen LogP contribution in [-0.4, -0.2) is 29.3 Å². The summed E-state index contributed by atoms with van der Waals surface area (Å²) in [6.45, 7) is 3.11. The molecule has 1 heterocycles. The molecule has 0 spiro atoms. The molecule has 27 heavy (non-hydrogen) atoms. The van der Waals surface area contributed by atoms with E-state index >= 15 is 0 Å². The molecule has 2 aromatic rings. The van der Waals surface area contributed by atoms with E-state index < -0.39 is 29.9 Å². The lowest BCUT2D eigenvalue weighted by Crippen LogP contribution is -2.42. The van der Waals surface area contributed by atoms with Gasteiger partial charge in [0.2, 0.25) is 5.91 Å². The fraction of sp³-hybridized carbons (Fsp3) is 0.211. The Balaban J connectivity index is 1.76. The SMILES string of the molecule is Cc1ccc(C2(C)NC(=O)N(CC(=O)Nc3cc(Cl)ccc3Cl)C2=O)cc1. The Bertz CT molecular complexity index is 930. The zero-order chi connectivity index (χ0) is 19.8. The number of carbonyl (C=O) groups is 3. The molecule has 1 atom stereocenters. The summed E-state index contributed by atoms with van der Waals surface area (Å²) in [6.07, 6.45) is 0. The molecular weight excluding hydrogens is 389 g/mol. The van der Waals surface area contributed by atoms with E-state index in [4.69, 9.17) is 23.2 Å². The highest BCUT2D eigenvalue weighted by Gasteiger charge is 2.49. The van der Waals surface area contributed by atoms with Crippen molar-refractivity contribution in [2.24, 2.45) is 0 Å². The van der Waals surface area contributed by atoms with E-state index in [1.54, 1.807) is 31.2 Å². The number of hydrogen-bond acceptors (Lipinski definition) is 3. The van der Waals surface area contributed by atoms with Crippen LogP contribution in [0.2, 0.25) is 10.0 Å². The van der Waals surface area contributed by atoms with Crippen molar-refractivity contribution in [3.8, 4) is 0 Å². The molecule has 1 aliphatic rings. The Morgan fingerprint density at radius 1 is 1.15 bits per heavy atom. The Hall–Kier alpha value is -2.57. The van der Waals surface area contributed by atoms with Crippen molar-refractivity contribution in [2.75, 3.05) is 11.9 Å². The molecule has 0 aromatic heterocycles. The highest BCUT2D eigenvalue weighted by Crippen LogP contribution is 2.29. The van der Waals surface area contributed by atoms with Crippen molar-refractivity contribution in [1.29, 1.82) is 0 Å². The number of halogens is 2. The van der Waals surface area contributed by atoms with E-state index in [0.717, 1.165) is 10.5 Å². The molecule has 140 valence electrons. The maximum absolute atomic E-state index is 12.8. The minimum absolute atomic E-state index is 0.300. The lowest BCUT2D eigenvalue weighted by molar-refractivity contribution is -0.133. The van der Waals surface area contributed by atoms with Gasteiger partial charge in [0.1, 0.15) is 12.1 Å². The number of nitrogens with zero attached hydrogens (tertiary/aromatic N) is 1. The fourth-order valence-corrected chi connectivity index (χ4v) is 3.19. The summed E-state index contributed by atoms with van der Waals surface area (Å²) in [5, 5.41) is 5.93. The summed E-state index contributed by atoms with van der Waals surface area (Å²) in [5.41, 5.74) is 0.766. The van der Waals surface area contributed by atoms with Gasteiger partial charge in [0.15, 0.2) is 0 Å². The van der Waals surface area contributed by atoms with Gasteiger partial charge < -0.3 is 10.6 Å². The monoisotopic (exact) mass is 405 g/mol. The predicted octanol–water partition coefficient (Wildman–Crippen LogP) is 3.71. The Morgan fingerprint density at radius 3 is 2.48 bits per heavy atom. The number of aryl methyl sites for hydroxylation is 1. The summed E-state index contributed by atoms with van der Waals surface area (Å²) in [5.74, 6) is -1.06. The zero-order valence-corrected chi connectivity index (χ0v) is 16.2. The van der Waals surface area contributed by atoms with Crippen LogP contribution < -0.4 is 10.6 Å². The van der Waals surface area contributed by atoms with Gasteiger partial charge in [-0.15, -0.1) is 0 Å². The second-order valence-electron chi connectivity index (χ2n) is 6.48. The van der Waals surface area contributed by atoms with Gasteiger partial charge in [-0.25, -0.2) is 4.79 Å². The number of imide groups is 1. The summed E-state index contributed by atoms with van der Waals surface area (Å²) >= 11 is 11.9. The van der Waals surface area contributed by atoms with Crippen molar-refractivity contribution in [1.82, 2.24) is 10.2 Å². The van der Waals surface area contributed by atoms with Gasteiger partial charge in [-0.05, 0) is 37.6 Å². The number of carbonyl (C=O) groups excluding carboxylic acids is 3. The normalized spacial score (nSPS) is 19.2. The average Bonchev–Trinajstić information content (AvgIpc) is 2.83.